The van der Waals surface area contributed by atoms with E-state index in [1.54, 1.807) is 0 Å². The molecule has 1 saturated carbocycles. The molecule has 4 aliphatic rings. The van der Waals surface area contributed by atoms with Gasteiger partial charge in [-0.25, -0.2) is 9.97 Å². The minimum atomic E-state index is -0.583. The molecule has 0 bridgehead atoms. The molecule has 0 radical (unpaired) electrons. The van der Waals surface area contributed by atoms with Crippen molar-refractivity contribution in [3.63, 3.8) is 0 Å². The zero-order valence-corrected chi connectivity index (χ0v) is 21.4. The van der Waals surface area contributed by atoms with Crippen molar-refractivity contribution in [2.75, 3.05) is 24.7 Å². The first kappa shape index (κ1) is 22.7. The molecule has 1 aromatic carbocycles. The van der Waals surface area contributed by atoms with Gasteiger partial charge in [-0.05, 0) is 51.3 Å². The van der Waals surface area contributed by atoms with E-state index in [-0.39, 0.29) is 29.9 Å². The predicted octanol–water partition coefficient (Wildman–Crippen LogP) is 3.36. The average Bonchev–Trinajstić information content (AvgIpc) is 3.39. The molecule has 2 saturated heterocycles. The summed E-state index contributed by atoms with van der Waals surface area (Å²) in [6.45, 7) is 7.70. The van der Waals surface area contributed by atoms with Crippen molar-refractivity contribution >= 4 is 28.5 Å². The number of fused-ring (bicyclic) bond motifs is 2. The Balaban J connectivity index is 1.31. The van der Waals surface area contributed by atoms with Crippen LogP contribution in [0, 0.1) is 5.92 Å². The van der Waals surface area contributed by atoms with Crippen molar-refractivity contribution in [2.24, 2.45) is 5.92 Å². The van der Waals surface area contributed by atoms with Gasteiger partial charge in [0.05, 0.1) is 42.2 Å². The van der Waals surface area contributed by atoms with Crippen molar-refractivity contribution in [2.45, 2.75) is 63.6 Å². The SMILES string of the molecule is CC(Oc1nc(-c2ccc3c(c2)N(C2COC2)C(=O)C3(C)C)cc2ncn(C3CC3)c12)C1CNC(=O)C1. The van der Waals surface area contributed by atoms with E-state index in [1.165, 1.54) is 0 Å². The van der Waals surface area contributed by atoms with Gasteiger partial charge in [-0.2, -0.15) is 0 Å². The molecule has 7 rings (SSSR count). The largest absolute Gasteiger partial charge is 0.473 e. The maximum Gasteiger partial charge on any atom is 0.241 e. The van der Waals surface area contributed by atoms with Gasteiger partial charge in [0, 0.05) is 36.2 Å². The second-order valence-electron chi connectivity index (χ2n) is 11.4. The lowest BCUT2D eigenvalue weighted by Gasteiger charge is -2.35. The normalized spacial score (nSPS) is 23.8. The second kappa shape index (κ2) is 8.02. The van der Waals surface area contributed by atoms with Crippen molar-refractivity contribution < 1.29 is 19.1 Å². The molecule has 1 N–H and O–H groups in total. The number of nitrogens with zero attached hydrogens (tertiary/aromatic N) is 4. The summed E-state index contributed by atoms with van der Waals surface area (Å²) in [4.78, 5) is 36.8. The monoisotopic (exact) mass is 501 g/mol. The lowest BCUT2D eigenvalue weighted by molar-refractivity contribution is -0.124. The zero-order chi connectivity index (χ0) is 25.5. The molecule has 3 aromatic rings. The van der Waals surface area contributed by atoms with Gasteiger partial charge in [-0.15, -0.1) is 0 Å². The van der Waals surface area contributed by atoms with Gasteiger partial charge < -0.3 is 24.3 Å². The van der Waals surface area contributed by atoms with Crippen molar-refractivity contribution in [3.8, 4) is 17.1 Å². The number of carbonyl (C=O) groups excluding carboxylic acids is 2. The van der Waals surface area contributed by atoms with E-state index in [9.17, 15) is 9.59 Å². The van der Waals surface area contributed by atoms with Gasteiger partial charge in [0.1, 0.15) is 11.6 Å². The minimum Gasteiger partial charge on any atom is -0.473 e. The van der Waals surface area contributed by atoms with E-state index >= 15 is 0 Å². The molecule has 37 heavy (non-hydrogen) atoms. The number of imidazole rings is 1. The first-order chi connectivity index (χ1) is 17.8. The van der Waals surface area contributed by atoms with Crippen molar-refractivity contribution in [1.29, 1.82) is 0 Å². The summed E-state index contributed by atoms with van der Waals surface area (Å²) in [7, 11) is 0. The molecule has 1 aliphatic carbocycles. The smallest absolute Gasteiger partial charge is 0.241 e. The minimum absolute atomic E-state index is 0.0624. The van der Waals surface area contributed by atoms with Crippen LogP contribution in [0.4, 0.5) is 5.69 Å². The third-order valence-electron chi connectivity index (χ3n) is 8.40. The molecule has 2 unspecified atom stereocenters. The number of amides is 2. The van der Waals surface area contributed by atoms with Crippen molar-refractivity contribution in [1.82, 2.24) is 19.9 Å². The van der Waals surface area contributed by atoms with Gasteiger partial charge in [-0.3, -0.25) is 9.59 Å². The molecule has 2 atom stereocenters. The van der Waals surface area contributed by atoms with E-state index in [0.717, 1.165) is 46.4 Å². The lowest BCUT2D eigenvalue weighted by Crippen LogP contribution is -2.52. The van der Waals surface area contributed by atoms with Gasteiger partial charge >= 0.3 is 0 Å². The summed E-state index contributed by atoms with van der Waals surface area (Å²) >= 11 is 0. The van der Waals surface area contributed by atoms with E-state index in [4.69, 9.17) is 19.4 Å². The highest BCUT2D eigenvalue weighted by Crippen LogP contribution is 2.46. The molecular formula is C28H31N5O4. The standard InChI is InChI=1S/C28H31N5O4/c1-15(17-9-24(34)29-11-17)37-26-25-22(30-14-32(25)18-5-6-18)10-21(31-26)16-4-7-20-23(8-16)33(19-12-36-13-19)27(35)28(20,2)3/h4,7-8,10,14-15,17-19H,5-6,9,11-13H2,1-3H3,(H,29,34). The Morgan fingerprint density at radius 1 is 1.16 bits per heavy atom. The number of anilines is 1. The molecule has 3 aliphatic heterocycles. The topological polar surface area (TPSA) is 98.6 Å². The van der Waals surface area contributed by atoms with Crippen LogP contribution >= 0.6 is 0 Å². The maximum atomic E-state index is 13.3. The maximum absolute atomic E-state index is 13.3. The first-order valence-corrected chi connectivity index (χ1v) is 13.2. The summed E-state index contributed by atoms with van der Waals surface area (Å²) in [5, 5.41) is 2.90. The number of hydrogen-bond acceptors (Lipinski definition) is 6. The molecule has 9 heteroatoms. The Kier molecular flexibility index (Phi) is 4.92. The Morgan fingerprint density at radius 3 is 2.65 bits per heavy atom. The Morgan fingerprint density at radius 2 is 1.97 bits per heavy atom. The third-order valence-corrected chi connectivity index (χ3v) is 8.40. The molecule has 0 spiro atoms. The van der Waals surface area contributed by atoms with E-state index in [1.807, 2.05) is 44.1 Å². The van der Waals surface area contributed by atoms with Crippen LogP contribution in [0.3, 0.4) is 0 Å². The molecular weight excluding hydrogens is 470 g/mol. The number of pyridine rings is 1. The Labute approximate surface area is 215 Å². The lowest BCUT2D eigenvalue weighted by atomic mass is 9.85. The van der Waals surface area contributed by atoms with E-state index < -0.39 is 5.41 Å². The summed E-state index contributed by atoms with van der Waals surface area (Å²) in [5.41, 5.74) is 4.77. The van der Waals surface area contributed by atoms with Crippen LogP contribution < -0.4 is 15.0 Å². The average molecular weight is 502 g/mol. The Bertz CT molecular complexity index is 1440. The first-order valence-electron chi connectivity index (χ1n) is 13.2. The number of carbonyl (C=O) groups is 2. The van der Waals surface area contributed by atoms with Gasteiger partial charge in [-0.1, -0.05) is 12.1 Å². The van der Waals surface area contributed by atoms with Crippen LogP contribution in [0.1, 0.15) is 51.6 Å². The highest BCUT2D eigenvalue weighted by Gasteiger charge is 2.48. The second-order valence-corrected chi connectivity index (χ2v) is 11.4. The highest BCUT2D eigenvalue weighted by molar-refractivity contribution is 6.08. The summed E-state index contributed by atoms with van der Waals surface area (Å²) < 4.78 is 14.1. The molecule has 2 amide bonds. The molecule has 3 fully saturated rings. The van der Waals surface area contributed by atoms with Crippen LogP contribution in [0.15, 0.2) is 30.6 Å². The summed E-state index contributed by atoms with van der Waals surface area (Å²) in [5.74, 6) is 0.811. The van der Waals surface area contributed by atoms with E-state index in [0.29, 0.717) is 38.1 Å². The van der Waals surface area contributed by atoms with Gasteiger partial charge in [0.25, 0.3) is 0 Å². The Hall–Kier alpha value is -3.46. The number of hydrogen-bond donors (Lipinski definition) is 1. The number of nitrogens with one attached hydrogen (secondary N) is 1. The van der Waals surface area contributed by atoms with E-state index in [2.05, 4.69) is 22.0 Å². The van der Waals surface area contributed by atoms with Crippen LogP contribution in [-0.4, -0.2) is 58.3 Å². The van der Waals surface area contributed by atoms with Gasteiger partial charge in [0.2, 0.25) is 17.7 Å². The number of ether oxygens (including phenoxy) is 2. The molecule has 5 heterocycles. The fraction of sp³-hybridized carbons (Fsp3) is 0.500. The third kappa shape index (κ3) is 3.54. The quantitative estimate of drug-likeness (QED) is 0.556. The van der Waals surface area contributed by atoms with Crippen LogP contribution in [0.5, 0.6) is 5.88 Å². The predicted molar refractivity (Wildman–Crippen MR) is 138 cm³/mol. The molecule has 192 valence electrons. The summed E-state index contributed by atoms with van der Waals surface area (Å²) in [6, 6.07) is 8.65. The number of rotatable bonds is 6. The van der Waals surface area contributed by atoms with Crippen LogP contribution in [-0.2, 0) is 19.7 Å². The van der Waals surface area contributed by atoms with Crippen molar-refractivity contribution in [3.05, 3.63) is 36.2 Å². The fourth-order valence-electron chi connectivity index (χ4n) is 5.80. The zero-order valence-electron chi connectivity index (χ0n) is 21.4. The highest BCUT2D eigenvalue weighted by atomic mass is 16.5. The summed E-state index contributed by atoms with van der Waals surface area (Å²) in [6.07, 6.45) is 4.41. The van der Waals surface area contributed by atoms with Gasteiger partial charge in [0.15, 0.2) is 0 Å². The molecule has 9 nitrogen and oxygen atoms in total. The van der Waals surface area contributed by atoms with Crippen LogP contribution in [0.25, 0.3) is 22.3 Å². The number of benzene rings is 1. The van der Waals surface area contributed by atoms with Crippen LogP contribution in [0.2, 0.25) is 0 Å². The number of aromatic nitrogens is 3. The molecule has 2 aromatic heterocycles. The fourth-order valence-corrected chi connectivity index (χ4v) is 5.80.